The Morgan fingerprint density at radius 2 is 1.83 bits per heavy atom. The molecule has 0 N–H and O–H groups in total. The Balaban J connectivity index is 1.71. The number of halogens is 1. The van der Waals surface area contributed by atoms with E-state index in [1.807, 2.05) is 18.2 Å². The van der Waals surface area contributed by atoms with Gasteiger partial charge in [-0.15, -0.1) is 0 Å². The van der Waals surface area contributed by atoms with Crippen LogP contribution >= 0.6 is 0 Å². The van der Waals surface area contributed by atoms with Gasteiger partial charge in [-0.25, -0.2) is 4.39 Å². The van der Waals surface area contributed by atoms with Gasteiger partial charge in [0, 0.05) is 13.1 Å². The standard InChI is InChI=1S/C25H30FNO3/c1-28-23-17-19-11-16-30-25(22(19)18-24(23)29-2,20-7-9-21(26)10-8-20)12-6-15-27-13-4-3-5-14-27/h3-4,7-10,17-18H,5-6,11-16H2,1-2H3. The number of hydrogen-bond donors (Lipinski definition) is 0. The Bertz CT molecular complexity index is 896. The van der Waals surface area contributed by atoms with E-state index in [-0.39, 0.29) is 5.82 Å². The van der Waals surface area contributed by atoms with Gasteiger partial charge >= 0.3 is 0 Å². The molecule has 0 aliphatic carbocycles. The summed E-state index contributed by atoms with van der Waals surface area (Å²) in [6.07, 6.45) is 8.22. The molecule has 2 aromatic carbocycles. The molecule has 0 saturated carbocycles. The normalized spacial score (nSPS) is 21.3. The highest BCUT2D eigenvalue weighted by Crippen LogP contribution is 2.46. The maximum atomic E-state index is 13.7. The summed E-state index contributed by atoms with van der Waals surface area (Å²) < 4.78 is 31.3. The SMILES string of the molecule is COc1cc2c(cc1OC)C(CCCN1CC=CCC1)(c1ccc(F)cc1)OCC2. The van der Waals surface area contributed by atoms with Crippen molar-refractivity contribution < 1.29 is 18.6 Å². The van der Waals surface area contributed by atoms with Gasteiger partial charge in [0.25, 0.3) is 0 Å². The fraction of sp³-hybridized carbons (Fsp3) is 0.440. The van der Waals surface area contributed by atoms with Crippen LogP contribution in [0.25, 0.3) is 0 Å². The highest BCUT2D eigenvalue weighted by atomic mass is 19.1. The first-order valence-electron chi connectivity index (χ1n) is 10.7. The Kier molecular flexibility index (Phi) is 6.40. The minimum atomic E-state index is -0.619. The largest absolute Gasteiger partial charge is 0.493 e. The Morgan fingerprint density at radius 1 is 1.07 bits per heavy atom. The molecule has 2 aliphatic rings. The molecule has 1 atom stereocenters. The molecule has 30 heavy (non-hydrogen) atoms. The number of rotatable bonds is 7. The third-order valence-electron chi connectivity index (χ3n) is 6.22. The van der Waals surface area contributed by atoms with Gasteiger partial charge in [-0.05, 0) is 73.2 Å². The fourth-order valence-corrected chi connectivity index (χ4v) is 4.67. The van der Waals surface area contributed by atoms with Crippen molar-refractivity contribution in [1.29, 1.82) is 0 Å². The zero-order chi connectivity index (χ0) is 21.0. The van der Waals surface area contributed by atoms with Gasteiger partial charge in [0.05, 0.1) is 20.8 Å². The second-order valence-corrected chi connectivity index (χ2v) is 7.96. The minimum absolute atomic E-state index is 0.239. The minimum Gasteiger partial charge on any atom is -0.493 e. The first-order chi connectivity index (χ1) is 14.7. The van der Waals surface area contributed by atoms with Crippen LogP contribution in [-0.4, -0.2) is 45.4 Å². The molecule has 0 spiro atoms. The lowest BCUT2D eigenvalue weighted by Crippen LogP contribution is -2.38. The number of benzene rings is 2. The molecular weight excluding hydrogens is 381 g/mol. The van der Waals surface area contributed by atoms with Gasteiger partial charge in [-0.2, -0.15) is 0 Å². The van der Waals surface area contributed by atoms with Gasteiger partial charge in [0.1, 0.15) is 11.4 Å². The van der Waals surface area contributed by atoms with Gasteiger partial charge < -0.3 is 14.2 Å². The maximum Gasteiger partial charge on any atom is 0.161 e. The molecule has 2 aliphatic heterocycles. The molecule has 0 saturated heterocycles. The Morgan fingerprint density at radius 3 is 2.53 bits per heavy atom. The quantitative estimate of drug-likeness (QED) is 0.618. The predicted octanol–water partition coefficient (Wildman–Crippen LogP) is 4.70. The predicted molar refractivity (Wildman–Crippen MR) is 116 cm³/mol. The summed E-state index contributed by atoms with van der Waals surface area (Å²) in [6, 6.07) is 10.8. The van der Waals surface area contributed by atoms with Crippen LogP contribution in [0.1, 0.15) is 36.0 Å². The van der Waals surface area contributed by atoms with Crippen LogP contribution < -0.4 is 9.47 Å². The third kappa shape index (κ3) is 4.09. The van der Waals surface area contributed by atoms with Crippen molar-refractivity contribution in [1.82, 2.24) is 4.90 Å². The van der Waals surface area contributed by atoms with Gasteiger partial charge in [-0.3, -0.25) is 4.90 Å². The molecule has 0 amide bonds. The summed E-state index contributed by atoms with van der Waals surface area (Å²) in [5, 5.41) is 0. The van der Waals surface area contributed by atoms with E-state index in [0.29, 0.717) is 12.4 Å². The summed E-state index contributed by atoms with van der Waals surface area (Å²) in [6.45, 7) is 3.74. The van der Waals surface area contributed by atoms with E-state index >= 15 is 0 Å². The van der Waals surface area contributed by atoms with Crippen molar-refractivity contribution >= 4 is 0 Å². The molecule has 0 radical (unpaired) electrons. The number of methoxy groups -OCH3 is 2. The zero-order valence-electron chi connectivity index (χ0n) is 17.8. The third-order valence-corrected chi connectivity index (χ3v) is 6.22. The number of hydrogen-bond acceptors (Lipinski definition) is 4. The molecule has 4 rings (SSSR count). The van der Waals surface area contributed by atoms with Gasteiger partial charge in [-0.1, -0.05) is 24.3 Å². The summed E-state index contributed by atoms with van der Waals surface area (Å²) in [7, 11) is 3.31. The molecular formula is C25H30FNO3. The zero-order valence-corrected chi connectivity index (χ0v) is 17.8. The Hall–Kier alpha value is -2.37. The Labute approximate surface area is 178 Å². The second kappa shape index (κ2) is 9.19. The average Bonchev–Trinajstić information content (AvgIpc) is 2.79. The van der Waals surface area contributed by atoms with Crippen LogP contribution in [0.3, 0.4) is 0 Å². The number of ether oxygens (including phenoxy) is 3. The van der Waals surface area contributed by atoms with Crippen molar-refractivity contribution in [3.63, 3.8) is 0 Å². The maximum absolute atomic E-state index is 13.7. The summed E-state index contributed by atoms with van der Waals surface area (Å²) in [4.78, 5) is 2.47. The molecule has 160 valence electrons. The van der Waals surface area contributed by atoms with Crippen LogP contribution in [0.4, 0.5) is 4.39 Å². The lowest BCUT2D eigenvalue weighted by molar-refractivity contribution is -0.0373. The number of nitrogens with zero attached hydrogens (tertiary/aromatic N) is 1. The molecule has 4 nitrogen and oxygen atoms in total. The molecule has 0 fully saturated rings. The van der Waals surface area contributed by atoms with Crippen LogP contribution in [0.5, 0.6) is 11.5 Å². The lowest BCUT2D eigenvalue weighted by Gasteiger charge is -2.41. The molecule has 5 heteroatoms. The van der Waals surface area contributed by atoms with E-state index in [9.17, 15) is 4.39 Å². The van der Waals surface area contributed by atoms with E-state index < -0.39 is 5.60 Å². The molecule has 0 bridgehead atoms. The van der Waals surface area contributed by atoms with E-state index in [1.165, 1.54) is 17.7 Å². The number of fused-ring (bicyclic) bond motifs is 1. The first kappa shape index (κ1) is 20.9. The van der Waals surface area contributed by atoms with E-state index in [4.69, 9.17) is 14.2 Å². The highest BCUT2D eigenvalue weighted by molar-refractivity contribution is 5.53. The van der Waals surface area contributed by atoms with Crippen LogP contribution in [0, 0.1) is 5.82 Å². The lowest BCUT2D eigenvalue weighted by atomic mass is 9.77. The van der Waals surface area contributed by atoms with Crippen molar-refractivity contribution in [2.45, 2.75) is 31.3 Å². The van der Waals surface area contributed by atoms with E-state index in [1.54, 1.807) is 14.2 Å². The van der Waals surface area contributed by atoms with Crippen molar-refractivity contribution in [2.75, 3.05) is 40.5 Å². The summed E-state index contributed by atoms with van der Waals surface area (Å²) in [5.41, 5.74) is 2.66. The topological polar surface area (TPSA) is 30.9 Å². The summed E-state index contributed by atoms with van der Waals surface area (Å²) in [5.74, 6) is 1.18. The smallest absolute Gasteiger partial charge is 0.161 e. The van der Waals surface area contributed by atoms with Gasteiger partial charge in [0.2, 0.25) is 0 Å². The first-order valence-corrected chi connectivity index (χ1v) is 10.7. The average molecular weight is 412 g/mol. The van der Waals surface area contributed by atoms with E-state index in [2.05, 4.69) is 23.1 Å². The van der Waals surface area contributed by atoms with Crippen molar-refractivity contribution in [3.05, 3.63) is 71.1 Å². The van der Waals surface area contributed by atoms with Crippen molar-refractivity contribution in [2.24, 2.45) is 0 Å². The molecule has 1 unspecified atom stereocenters. The monoisotopic (exact) mass is 411 g/mol. The van der Waals surface area contributed by atoms with Gasteiger partial charge in [0.15, 0.2) is 11.5 Å². The molecule has 0 aromatic heterocycles. The van der Waals surface area contributed by atoms with E-state index in [0.717, 1.165) is 62.2 Å². The van der Waals surface area contributed by atoms with Crippen LogP contribution in [0.15, 0.2) is 48.6 Å². The molecule has 2 aromatic rings. The van der Waals surface area contributed by atoms with Crippen LogP contribution in [0.2, 0.25) is 0 Å². The van der Waals surface area contributed by atoms with Crippen molar-refractivity contribution in [3.8, 4) is 11.5 Å². The fourth-order valence-electron chi connectivity index (χ4n) is 4.67. The summed E-state index contributed by atoms with van der Waals surface area (Å²) >= 11 is 0. The molecule has 2 heterocycles. The highest BCUT2D eigenvalue weighted by Gasteiger charge is 2.40. The second-order valence-electron chi connectivity index (χ2n) is 7.96. The van der Waals surface area contributed by atoms with Crippen LogP contribution in [-0.2, 0) is 16.8 Å².